The number of hydrogen-bond acceptors (Lipinski definition) is 4. The van der Waals surface area contributed by atoms with E-state index in [2.05, 4.69) is 15.3 Å². The van der Waals surface area contributed by atoms with Gasteiger partial charge in [-0.05, 0) is 18.2 Å². The van der Waals surface area contributed by atoms with Crippen LogP contribution in [0.5, 0.6) is 0 Å². The maximum absolute atomic E-state index is 13.7. The van der Waals surface area contributed by atoms with Gasteiger partial charge in [-0.25, -0.2) is 0 Å². The summed E-state index contributed by atoms with van der Waals surface area (Å²) in [7, 11) is 3.10. The highest BCUT2D eigenvalue weighted by molar-refractivity contribution is 7.61. The van der Waals surface area contributed by atoms with E-state index in [-0.39, 0.29) is 0 Å². The highest BCUT2D eigenvalue weighted by Gasteiger charge is 2.27. The molecule has 23 heavy (non-hydrogen) atoms. The third-order valence-electron chi connectivity index (χ3n) is 4.12. The van der Waals surface area contributed by atoms with Gasteiger partial charge in [0.15, 0.2) is 0 Å². The molecule has 0 amide bonds. The van der Waals surface area contributed by atoms with E-state index >= 15 is 0 Å². The maximum Gasteiger partial charge on any atom is 0.105 e. The minimum atomic E-state index is -2.55. The topological polar surface area (TPSA) is 70.5 Å². The molecule has 0 aliphatic rings. The molecule has 0 aliphatic heterocycles. The second kappa shape index (κ2) is 6.16. The van der Waals surface area contributed by atoms with Gasteiger partial charge < -0.3 is 4.57 Å². The van der Waals surface area contributed by atoms with E-state index in [1.54, 1.807) is 32.6 Å². The highest BCUT2D eigenvalue weighted by atomic mass is 31.2. The molecule has 0 aliphatic carbocycles. The zero-order chi connectivity index (χ0) is 16.4. The van der Waals surface area contributed by atoms with Crippen LogP contribution in [0.1, 0.15) is 17.1 Å². The Labute approximate surface area is 135 Å². The second-order valence-corrected chi connectivity index (χ2v) is 8.94. The number of aromatic nitrogens is 6. The van der Waals surface area contributed by atoms with Crippen LogP contribution in [-0.2, 0) is 44.2 Å². The summed E-state index contributed by atoms with van der Waals surface area (Å²) < 4.78 is 19.1. The van der Waals surface area contributed by atoms with Crippen molar-refractivity contribution in [1.29, 1.82) is 0 Å². The van der Waals surface area contributed by atoms with Gasteiger partial charge in [0.2, 0.25) is 0 Å². The van der Waals surface area contributed by atoms with Crippen molar-refractivity contribution in [3.63, 3.8) is 0 Å². The Hall–Kier alpha value is -2.14. The monoisotopic (exact) mass is 332 g/mol. The predicted molar refractivity (Wildman–Crippen MR) is 88.3 cm³/mol. The molecule has 7 nitrogen and oxygen atoms in total. The molecule has 0 saturated heterocycles. The molecule has 0 bridgehead atoms. The molecular formula is C15H21N6OP. The molecular weight excluding hydrogens is 311 g/mol. The molecule has 8 heteroatoms. The number of rotatable bonds is 6. The summed E-state index contributed by atoms with van der Waals surface area (Å²) in [6.45, 7) is 0. The summed E-state index contributed by atoms with van der Waals surface area (Å²) in [4.78, 5) is 0. The van der Waals surface area contributed by atoms with E-state index in [1.807, 2.05) is 39.3 Å². The van der Waals surface area contributed by atoms with Gasteiger partial charge in [-0.2, -0.15) is 15.3 Å². The van der Waals surface area contributed by atoms with Crippen LogP contribution in [0.2, 0.25) is 0 Å². The van der Waals surface area contributed by atoms with E-state index in [0.717, 1.165) is 17.1 Å². The number of aryl methyl sites for hydroxylation is 3. The van der Waals surface area contributed by atoms with E-state index < -0.39 is 7.14 Å². The molecule has 0 unspecified atom stereocenters. The Morgan fingerprint density at radius 2 is 1.04 bits per heavy atom. The molecule has 0 spiro atoms. The van der Waals surface area contributed by atoms with Crippen molar-refractivity contribution in [2.24, 2.45) is 21.1 Å². The molecule has 3 aromatic rings. The number of nitrogens with zero attached hydrogens (tertiary/aromatic N) is 6. The normalized spacial score (nSPS) is 12.0. The van der Waals surface area contributed by atoms with Crippen LogP contribution in [0.3, 0.4) is 0 Å². The van der Waals surface area contributed by atoms with Crippen LogP contribution in [-0.4, -0.2) is 29.3 Å². The quantitative estimate of drug-likeness (QED) is 0.649. The van der Waals surface area contributed by atoms with Crippen molar-refractivity contribution in [2.45, 2.75) is 18.5 Å². The van der Waals surface area contributed by atoms with Gasteiger partial charge in [-0.3, -0.25) is 14.0 Å². The Morgan fingerprint density at radius 1 is 0.739 bits per heavy atom. The van der Waals surface area contributed by atoms with E-state index in [0.29, 0.717) is 18.5 Å². The van der Waals surface area contributed by atoms with Gasteiger partial charge >= 0.3 is 0 Å². The lowest BCUT2D eigenvalue weighted by molar-refractivity contribution is 0.565. The molecule has 0 N–H and O–H groups in total. The SMILES string of the molecule is Cn1nccc1CP(=O)(Cc1ccnn1C)Cc1ccnn1C. The summed E-state index contributed by atoms with van der Waals surface area (Å²) >= 11 is 0. The summed E-state index contributed by atoms with van der Waals surface area (Å²) in [5.41, 5.74) is 2.95. The fourth-order valence-corrected chi connectivity index (χ4v) is 5.76. The lowest BCUT2D eigenvalue weighted by Gasteiger charge is -2.19. The van der Waals surface area contributed by atoms with Gasteiger partial charge in [0.1, 0.15) is 7.14 Å². The van der Waals surface area contributed by atoms with Crippen LogP contribution in [0.15, 0.2) is 36.8 Å². The molecule has 0 radical (unpaired) electrons. The lowest BCUT2D eigenvalue weighted by Crippen LogP contribution is -2.07. The fourth-order valence-electron chi connectivity index (χ4n) is 2.72. The molecule has 122 valence electrons. The molecule has 3 aromatic heterocycles. The molecule has 0 saturated carbocycles. The Bertz CT molecular complexity index is 736. The van der Waals surface area contributed by atoms with Crippen molar-refractivity contribution in [3.05, 3.63) is 53.9 Å². The molecule has 0 atom stereocenters. The smallest absolute Gasteiger partial charge is 0.105 e. The lowest BCUT2D eigenvalue weighted by atomic mass is 10.5. The third kappa shape index (κ3) is 3.45. The van der Waals surface area contributed by atoms with Gasteiger partial charge in [0.25, 0.3) is 0 Å². The first-order valence-electron chi connectivity index (χ1n) is 7.45. The van der Waals surface area contributed by atoms with Crippen LogP contribution < -0.4 is 0 Å². The largest absolute Gasteiger partial charge is 0.322 e. The summed E-state index contributed by atoms with van der Waals surface area (Å²) in [6, 6.07) is 5.79. The van der Waals surface area contributed by atoms with Crippen molar-refractivity contribution in [1.82, 2.24) is 29.3 Å². The third-order valence-corrected chi connectivity index (χ3v) is 6.82. The van der Waals surface area contributed by atoms with Crippen molar-refractivity contribution >= 4 is 7.14 Å². The first-order valence-corrected chi connectivity index (χ1v) is 9.71. The summed E-state index contributed by atoms with van der Waals surface area (Å²) in [5, 5.41) is 12.6. The minimum absolute atomic E-state index is 0.514. The summed E-state index contributed by atoms with van der Waals surface area (Å²) in [5.74, 6) is 0. The van der Waals surface area contributed by atoms with Crippen molar-refractivity contribution < 1.29 is 4.57 Å². The van der Waals surface area contributed by atoms with E-state index in [4.69, 9.17) is 0 Å². The summed E-state index contributed by atoms with van der Waals surface area (Å²) in [6.07, 6.45) is 6.77. The Balaban J connectivity index is 1.91. The minimum Gasteiger partial charge on any atom is -0.322 e. The van der Waals surface area contributed by atoms with Crippen LogP contribution in [0.25, 0.3) is 0 Å². The standard InChI is InChI=1S/C15H21N6OP/c1-19-13(4-7-16-19)10-23(22,11-14-5-8-17-20(14)2)12-15-6-9-18-21(15)3/h4-9H,10-12H2,1-3H3. The fraction of sp³-hybridized carbons (Fsp3) is 0.400. The number of hydrogen-bond donors (Lipinski definition) is 0. The first-order chi connectivity index (χ1) is 11.0. The van der Waals surface area contributed by atoms with Crippen LogP contribution >= 0.6 is 7.14 Å². The molecule has 3 rings (SSSR count). The van der Waals surface area contributed by atoms with Gasteiger partial charge in [-0.1, -0.05) is 0 Å². The maximum atomic E-state index is 13.7. The van der Waals surface area contributed by atoms with Gasteiger partial charge in [-0.15, -0.1) is 0 Å². The first kappa shape index (κ1) is 15.7. The van der Waals surface area contributed by atoms with Crippen molar-refractivity contribution in [3.8, 4) is 0 Å². The zero-order valence-electron chi connectivity index (χ0n) is 13.6. The van der Waals surface area contributed by atoms with Crippen LogP contribution in [0.4, 0.5) is 0 Å². The molecule has 0 fully saturated rings. The van der Waals surface area contributed by atoms with Crippen LogP contribution in [0, 0.1) is 0 Å². The average molecular weight is 332 g/mol. The van der Waals surface area contributed by atoms with Crippen molar-refractivity contribution in [2.75, 3.05) is 0 Å². The Morgan fingerprint density at radius 3 is 1.26 bits per heavy atom. The zero-order valence-corrected chi connectivity index (χ0v) is 14.5. The molecule has 0 aromatic carbocycles. The molecule has 3 heterocycles. The van der Waals surface area contributed by atoms with E-state index in [1.165, 1.54) is 0 Å². The average Bonchev–Trinajstić information content (AvgIpc) is 3.17. The Kier molecular flexibility index (Phi) is 4.22. The van der Waals surface area contributed by atoms with Gasteiger partial charge in [0.05, 0.1) is 0 Å². The van der Waals surface area contributed by atoms with Gasteiger partial charge in [0, 0.05) is 75.3 Å². The second-order valence-electron chi connectivity index (χ2n) is 5.87. The van der Waals surface area contributed by atoms with E-state index in [9.17, 15) is 4.57 Å². The highest BCUT2D eigenvalue weighted by Crippen LogP contribution is 2.54. The predicted octanol–water partition coefficient (Wildman–Crippen LogP) is 2.15.